The maximum atomic E-state index is 12.8. The van der Waals surface area contributed by atoms with Crippen LogP contribution in [0.2, 0.25) is 6.04 Å². The fourth-order valence-corrected chi connectivity index (χ4v) is 2.29. The highest BCUT2D eigenvalue weighted by molar-refractivity contribution is 6.56. The lowest BCUT2D eigenvalue weighted by Gasteiger charge is -2.08. The predicted octanol–water partition coefficient (Wildman–Crippen LogP) is 1.59. The van der Waals surface area contributed by atoms with Gasteiger partial charge in [0.1, 0.15) is 0 Å². The van der Waals surface area contributed by atoms with Gasteiger partial charge in [0.05, 0.1) is 0 Å². The van der Waals surface area contributed by atoms with Crippen molar-refractivity contribution < 1.29 is 23.2 Å². The molecule has 0 aromatic heterocycles. The molecule has 3 N–H and O–H groups in total. The summed E-state index contributed by atoms with van der Waals surface area (Å²) in [5.41, 5.74) is 0.712. The van der Waals surface area contributed by atoms with Crippen molar-refractivity contribution in [3.8, 4) is 0 Å². The molecule has 1 aromatic rings. The van der Waals surface area contributed by atoms with Crippen LogP contribution in [0.1, 0.15) is 24.8 Å². The van der Waals surface area contributed by atoms with Gasteiger partial charge in [-0.1, -0.05) is 12.5 Å². The second kappa shape index (κ2) is 6.20. The summed E-state index contributed by atoms with van der Waals surface area (Å²) in [4.78, 5) is 26.3. The highest BCUT2D eigenvalue weighted by Crippen LogP contribution is 2.13. The highest BCUT2D eigenvalue weighted by Gasteiger charge is 2.25. The summed E-state index contributed by atoms with van der Waals surface area (Å²) in [6.45, 7) is 0. The average molecular weight is 262 g/mol. The van der Waals surface area contributed by atoms with Gasteiger partial charge in [-0.25, -0.2) is 8.78 Å². The molecule has 0 unspecified atom stereocenters. The van der Waals surface area contributed by atoms with E-state index in [0.717, 1.165) is 12.5 Å². The Morgan fingerprint density at radius 1 is 0.941 bits per heavy atom. The third kappa shape index (κ3) is 5.88. The fraction of sp³-hybridized carbons (Fsp3) is 0.455. The predicted molar refractivity (Wildman–Crippen MR) is 61.1 cm³/mol. The van der Waals surface area contributed by atoms with Gasteiger partial charge in [-0.2, -0.15) is 0 Å². The van der Waals surface area contributed by atoms with E-state index < -0.39 is 20.4 Å². The number of halogens is 2. The van der Waals surface area contributed by atoms with Gasteiger partial charge in [-0.15, -0.1) is 0 Å². The molecule has 0 fully saturated rings. The molecule has 0 spiro atoms. The van der Waals surface area contributed by atoms with Crippen molar-refractivity contribution in [1.82, 2.24) is 0 Å². The van der Waals surface area contributed by atoms with Gasteiger partial charge in [0.2, 0.25) is 0 Å². The molecular weight excluding hydrogens is 246 g/mol. The van der Waals surface area contributed by atoms with Gasteiger partial charge in [0, 0.05) is 6.04 Å². The van der Waals surface area contributed by atoms with Gasteiger partial charge < -0.3 is 14.4 Å². The molecule has 6 heteroatoms. The van der Waals surface area contributed by atoms with E-state index in [0.29, 0.717) is 24.8 Å². The van der Waals surface area contributed by atoms with Crippen molar-refractivity contribution in [1.29, 1.82) is 0 Å². The smallest absolute Gasteiger partial charge is 0.390 e. The molecule has 0 radical (unpaired) electrons. The molecule has 3 nitrogen and oxygen atoms in total. The Kier molecular flexibility index (Phi) is 5.19. The van der Waals surface area contributed by atoms with E-state index in [1.807, 2.05) is 0 Å². The van der Waals surface area contributed by atoms with Gasteiger partial charge >= 0.3 is 8.80 Å². The largest absolute Gasteiger partial charge is 0.492 e. The van der Waals surface area contributed by atoms with Crippen LogP contribution in [-0.4, -0.2) is 23.2 Å². The lowest BCUT2D eigenvalue weighted by Crippen LogP contribution is -2.33. The first-order valence-electron chi connectivity index (χ1n) is 5.49. The molecule has 96 valence electrons. The Hall–Kier alpha value is -0.823. The molecule has 1 aromatic carbocycles. The van der Waals surface area contributed by atoms with Crippen molar-refractivity contribution in [2.45, 2.75) is 31.7 Å². The minimum Gasteiger partial charge on any atom is -0.390 e. The van der Waals surface area contributed by atoms with Crippen LogP contribution in [0.25, 0.3) is 0 Å². The van der Waals surface area contributed by atoms with E-state index in [2.05, 4.69) is 0 Å². The van der Waals surface area contributed by atoms with Crippen molar-refractivity contribution in [3.63, 3.8) is 0 Å². The first kappa shape index (κ1) is 14.2. The van der Waals surface area contributed by atoms with Crippen molar-refractivity contribution in [3.05, 3.63) is 35.4 Å². The number of rotatable bonds is 6. The van der Waals surface area contributed by atoms with Crippen LogP contribution in [0, 0.1) is 11.6 Å². The molecule has 0 atom stereocenters. The Labute approximate surface area is 99.7 Å². The van der Waals surface area contributed by atoms with E-state index in [4.69, 9.17) is 14.4 Å². The van der Waals surface area contributed by atoms with Crippen LogP contribution in [0.3, 0.4) is 0 Å². The Bertz CT molecular complexity index is 366. The lowest BCUT2D eigenvalue weighted by atomic mass is 10.1. The molecule has 0 aliphatic carbocycles. The molecule has 0 aliphatic heterocycles. The van der Waals surface area contributed by atoms with E-state index >= 15 is 0 Å². The lowest BCUT2D eigenvalue weighted by molar-refractivity contribution is 0.226. The summed E-state index contributed by atoms with van der Waals surface area (Å²) in [7, 11) is -3.91. The molecule has 17 heavy (non-hydrogen) atoms. The Balaban J connectivity index is 2.25. The Morgan fingerprint density at radius 3 is 2.24 bits per heavy atom. The third-order valence-electron chi connectivity index (χ3n) is 2.46. The maximum Gasteiger partial charge on any atom is 0.492 e. The van der Waals surface area contributed by atoms with Crippen LogP contribution in [-0.2, 0) is 6.42 Å². The molecule has 0 amide bonds. The van der Waals surface area contributed by atoms with Crippen LogP contribution in [0.4, 0.5) is 8.78 Å². The van der Waals surface area contributed by atoms with Crippen LogP contribution in [0.5, 0.6) is 0 Å². The Morgan fingerprint density at radius 2 is 1.65 bits per heavy atom. The normalized spacial score (nSPS) is 11.8. The average Bonchev–Trinajstić information content (AvgIpc) is 2.21. The first-order valence-corrected chi connectivity index (χ1v) is 7.54. The third-order valence-corrected chi connectivity index (χ3v) is 3.49. The SMILES string of the molecule is O[Si](O)(O)CCCCCc1ccc(F)c(F)c1. The highest BCUT2D eigenvalue weighted by atomic mass is 28.4. The van der Waals surface area contributed by atoms with E-state index in [1.165, 1.54) is 12.1 Å². The summed E-state index contributed by atoms with van der Waals surface area (Å²) in [5, 5.41) is 0. The summed E-state index contributed by atoms with van der Waals surface area (Å²) >= 11 is 0. The van der Waals surface area contributed by atoms with Crippen LogP contribution < -0.4 is 0 Å². The zero-order chi connectivity index (χ0) is 12.9. The minimum absolute atomic E-state index is 0.0186. The molecule has 1 rings (SSSR count). The second-order valence-electron chi connectivity index (χ2n) is 4.08. The van der Waals surface area contributed by atoms with Gasteiger partial charge in [-0.3, -0.25) is 0 Å². The molecule has 0 aliphatic rings. The quantitative estimate of drug-likeness (QED) is 0.539. The number of unbranched alkanes of at least 4 members (excludes halogenated alkanes) is 2. The summed E-state index contributed by atoms with van der Waals surface area (Å²) in [6, 6.07) is 3.81. The van der Waals surface area contributed by atoms with E-state index in [9.17, 15) is 8.78 Å². The summed E-state index contributed by atoms with van der Waals surface area (Å²) in [6.07, 6.45) is 2.55. The second-order valence-corrected chi connectivity index (χ2v) is 6.13. The van der Waals surface area contributed by atoms with Crippen LogP contribution >= 0.6 is 0 Å². The zero-order valence-electron chi connectivity index (χ0n) is 9.37. The van der Waals surface area contributed by atoms with Crippen LogP contribution in [0.15, 0.2) is 18.2 Å². The number of aryl methyl sites for hydroxylation is 1. The van der Waals surface area contributed by atoms with E-state index in [1.54, 1.807) is 0 Å². The van der Waals surface area contributed by atoms with E-state index in [-0.39, 0.29) is 6.04 Å². The standard InChI is InChI=1S/C11H16F2O3Si/c12-10-6-5-9(8-11(10)13)4-2-1-3-7-17(14,15)16/h5-6,8,14-16H,1-4,7H2. The molecule has 0 bridgehead atoms. The molecule has 0 saturated carbocycles. The summed E-state index contributed by atoms with van der Waals surface area (Å²) in [5.74, 6) is -1.71. The van der Waals surface area contributed by atoms with Crippen molar-refractivity contribution >= 4 is 8.80 Å². The maximum absolute atomic E-state index is 12.8. The topological polar surface area (TPSA) is 60.7 Å². The van der Waals surface area contributed by atoms with Gasteiger partial charge in [0.15, 0.2) is 11.6 Å². The molecule has 0 saturated heterocycles. The summed E-state index contributed by atoms with van der Waals surface area (Å²) < 4.78 is 25.5. The van der Waals surface area contributed by atoms with Crippen molar-refractivity contribution in [2.75, 3.05) is 0 Å². The number of hydrogen-bond donors (Lipinski definition) is 3. The zero-order valence-corrected chi connectivity index (χ0v) is 10.4. The van der Waals surface area contributed by atoms with Crippen molar-refractivity contribution in [2.24, 2.45) is 0 Å². The first-order chi connectivity index (χ1) is 7.88. The number of benzene rings is 1. The molecular formula is C11H16F2O3Si. The minimum atomic E-state index is -3.91. The fourth-order valence-electron chi connectivity index (χ4n) is 1.56. The monoisotopic (exact) mass is 262 g/mol. The van der Waals surface area contributed by atoms with Gasteiger partial charge in [0.25, 0.3) is 0 Å². The molecule has 0 heterocycles. The number of hydrogen-bond acceptors (Lipinski definition) is 3. The van der Waals surface area contributed by atoms with Gasteiger partial charge in [-0.05, 0) is 37.0 Å².